The van der Waals surface area contributed by atoms with Gasteiger partial charge in [0.15, 0.2) is 0 Å². The van der Waals surface area contributed by atoms with Crippen molar-refractivity contribution in [3.63, 3.8) is 0 Å². The van der Waals surface area contributed by atoms with Gasteiger partial charge >= 0.3 is 0 Å². The molecule has 2 aromatic heterocycles. The van der Waals surface area contributed by atoms with E-state index in [4.69, 9.17) is 5.10 Å². The molecule has 4 aromatic rings. The van der Waals surface area contributed by atoms with E-state index in [1.807, 2.05) is 0 Å². The van der Waals surface area contributed by atoms with Crippen molar-refractivity contribution in [2.24, 2.45) is 0 Å². The minimum Gasteiger partial charge on any atom is -0.330 e. The highest BCUT2D eigenvalue weighted by Gasteiger charge is 2.22. The number of aromatic nitrogens is 3. The van der Waals surface area contributed by atoms with E-state index in [-0.39, 0.29) is 0 Å². The van der Waals surface area contributed by atoms with E-state index in [1.165, 1.54) is 40.9 Å². The third-order valence-electron chi connectivity index (χ3n) is 5.00. The highest BCUT2D eigenvalue weighted by atomic mass is 79.9. The zero-order valence-corrected chi connectivity index (χ0v) is 15.4. The number of hydrogen-bond acceptors (Lipinski definition) is 1. The van der Waals surface area contributed by atoms with Gasteiger partial charge in [-0.25, -0.2) is 4.52 Å². The monoisotopic (exact) mass is 391 g/mol. The van der Waals surface area contributed by atoms with Gasteiger partial charge in [-0.05, 0) is 31.4 Å². The van der Waals surface area contributed by atoms with Crippen molar-refractivity contribution >= 4 is 21.6 Å². The smallest absolute Gasteiger partial charge is 0.140 e. The molecule has 0 N–H and O–H groups in total. The van der Waals surface area contributed by atoms with Crippen molar-refractivity contribution in [2.75, 3.05) is 0 Å². The summed E-state index contributed by atoms with van der Waals surface area (Å²) in [7, 11) is 0. The van der Waals surface area contributed by atoms with Crippen LogP contribution in [-0.2, 0) is 13.0 Å². The van der Waals surface area contributed by atoms with Crippen LogP contribution in [0.1, 0.15) is 18.4 Å². The minimum absolute atomic E-state index is 1.06. The Balaban J connectivity index is 1.79. The topological polar surface area (TPSA) is 22.2 Å². The Labute approximate surface area is 155 Å². The molecular weight excluding hydrogens is 374 g/mol. The first-order chi connectivity index (χ1) is 12.3. The van der Waals surface area contributed by atoms with Gasteiger partial charge in [-0.2, -0.15) is 5.10 Å². The Bertz CT molecular complexity index is 1040. The fraction of sp³-hybridized carbons (Fsp3) is 0.190. The molecule has 3 nitrogen and oxygen atoms in total. The van der Waals surface area contributed by atoms with E-state index < -0.39 is 0 Å². The van der Waals surface area contributed by atoms with Gasteiger partial charge in [-0.15, -0.1) is 0 Å². The Kier molecular flexibility index (Phi) is 3.52. The highest BCUT2D eigenvalue weighted by molar-refractivity contribution is 9.10. The van der Waals surface area contributed by atoms with E-state index in [2.05, 4.69) is 85.8 Å². The molecule has 0 amide bonds. The van der Waals surface area contributed by atoms with Crippen LogP contribution in [0.25, 0.3) is 28.2 Å². The number of rotatable bonds is 2. The van der Waals surface area contributed by atoms with E-state index in [1.54, 1.807) is 0 Å². The summed E-state index contributed by atoms with van der Waals surface area (Å²) in [4.78, 5) is 0. The molecule has 0 bridgehead atoms. The number of hydrogen-bond donors (Lipinski definition) is 0. The molecule has 3 heterocycles. The van der Waals surface area contributed by atoms with Crippen LogP contribution in [0, 0.1) is 0 Å². The van der Waals surface area contributed by atoms with Gasteiger partial charge in [-0.3, -0.25) is 0 Å². The second-order valence-corrected chi connectivity index (χ2v) is 7.52. The third-order valence-corrected chi connectivity index (χ3v) is 5.53. The molecule has 0 aliphatic carbocycles. The van der Waals surface area contributed by atoms with Crippen molar-refractivity contribution in [3.05, 3.63) is 70.8 Å². The van der Waals surface area contributed by atoms with Crippen LogP contribution in [-0.4, -0.2) is 14.2 Å². The number of halogens is 1. The number of benzene rings is 2. The lowest BCUT2D eigenvalue weighted by Crippen LogP contribution is -1.93. The normalized spacial score (nSPS) is 14.0. The second kappa shape index (κ2) is 5.88. The average Bonchev–Trinajstić information content (AvgIpc) is 3.10. The molecule has 1 aliphatic rings. The zero-order valence-electron chi connectivity index (χ0n) is 13.8. The first kappa shape index (κ1) is 15.0. The largest absolute Gasteiger partial charge is 0.330 e. The fourth-order valence-electron chi connectivity index (χ4n) is 3.80. The maximum atomic E-state index is 5.04. The predicted molar refractivity (Wildman–Crippen MR) is 105 cm³/mol. The average molecular weight is 392 g/mol. The summed E-state index contributed by atoms with van der Waals surface area (Å²) in [5.74, 6) is 0. The molecule has 0 radical (unpaired) electrons. The zero-order chi connectivity index (χ0) is 16.8. The highest BCUT2D eigenvalue weighted by Crippen LogP contribution is 2.34. The Hall–Kier alpha value is -2.33. The van der Waals surface area contributed by atoms with Crippen LogP contribution >= 0.6 is 15.9 Å². The molecule has 2 aromatic carbocycles. The second-order valence-electron chi connectivity index (χ2n) is 6.60. The van der Waals surface area contributed by atoms with Crippen molar-refractivity contribution in [2.45, 2.75) is 25.8 Å². The van der Waals surface area contributed by atoms with Crippen molar-refractivity contribution in [1.29, 1.82) is 0 Å². The molecule has 0 fully saturated rings. The van der Waals surface area contributed by atoms with Crippen LogP contribution in [0.5, 0.6) is 0 Å². The molecule has 0 unspecified atom stereocenters. The predicted octanol–water partition coefficient (Wildman–Crippen LogP) is 5.57. The van der Waals surface area contributed by atoms with Gasteiger partial charge in [0.25, 0.3) is 0 Å². The third kappa shape index (κ3) is 2.44. The van der Waals surface area contributed by atoms with Crippen molar-refractivity contribution in [1.82, 2.24) is 14.2 Å². The SMILES string of the molecule is Brc1ccc(-c2nn3c(-c4ccccc4)cn4c3c2CCCC4)cc1. The van der Waals surface area contributed by atoms with E-state index in [9.17, 15) is 0 Å². The quantitative estimate of drug-likeness (QED) is 0.437. The molecule has 0 saturated carbocycles. The van der Waals surface area contributed by atoms with Crippen LogP contribution in [0.2, 0.25) is 0 Å². The van der Waals surface area contributed by atoms with Gasteiger partial charge in [0, 0.05) is 33.9 Å². The maximum absolute atomic E-state index is 5.04. The first-order valence-electron chi connectivity index (χ1n) is 8.73. The van der Waals surface area contributed by atoms with Crippen LogP contribution < -0.4 is 0 Å². The van der Waals surface area contributed by atoms with Crippen molar-refractivity contribution in [3.8, 4) is 22.5 Å². The lowest BCUT2D eigenvalue weighted by Gasteiger charge is -2.02. The lowest BCUT2D eigenvalue weighted by atomic mass is 10.0. The summed E-state index contributed by atoms with van der Waals surface area (Å²) in [6, 6.07) is 19.0. The molecule has 4 heteroatoms. The number of nitrogens with zero attached hydrogens (tertiary/aromatic N) is 3. The minimum atomic E-state index is 1.06. The van der Waals surface area contributed by atoms with Gasteiger partial charge in [0.1, 0.15) is 5.65 Å². The summed E-state index contributed by atoms with van der Waals surface area (Å²) in [6.07, 6.45) is 5.78. The molecule has 124 valence electrons. The van der Waals surface area contributed by atoms with E-state index >= 15 is 0 Å². The first-order valence-corrected chi connectivity index (χ1v) is 9.53. The summed E-state index contributed by atoms with van der Waals surface area (Å²) in [6.45, 7) is 1.06. The van der Waals surface area contributed by atoms with Crippen LogP contribution in [0.15, 0.2) is 65.3 Å². The van der Waals surface area contributed by atoms with Crippen molar-refractivity contribution < 1.29 is 0 Å². The molecule has 0 atom stereocenters. The summed E-state index contributed by atoms with van der Waals surface area (Å²) in [5.41, 5.74) is 7.33. The van der Waals surface area contributed by atoms with Crippen LogP contribution in [0.4, 0.5) is 0 Å². The molecule has 5 rings (SSSR count). The molecule has 0 spiro atoms. The lowest BCUT2D eigenvalue weighted by molar-refractivity contribution is 0.642. The Morgan fingerprint density at radius 3 is 2.48 bits per heavy atom. The summed E-state index contributed by atoms with van der Waals surface area (Å²) < 4.78 is 5.63. The number of imidazole rings is 1. The van der Waals surface area contributed by atoms with E-state index in [0.29, 0.717) is 0 Å². The molecule has 0 saturated heterocycles. The summed E-state index contributed by atoms with van der Waals surface area (Å²) >= 11 is 3.53. The van der Waals surface area contributed by atoms with Crippen LogP contribution in [0.3, 0.4) is 0 Å². The maximum Gasteiger partial charge on any atom is 0.140 e. The Morgan fingerprint density at radius 2 is 1.68 bits per heavy atom. The molecule has 1 aliphatic heterocycles. The standard InChI is InChI=1S/C21H18BrN3/c22-17-11-9-16(10-12-17)20-18-8-4-5-13-24-14-19(25(23-20)21(18)24)15-6-2-1-3-7-15/h1-3,6-7,9-12,14H,4-5,8,13H2. The van der Waals surface area contributed by atoms with Gasteiger partial charge in [-0.1, -0.05) is 58.4 Å². The Morgan fingerprint density at radius 1 is 0.880 bits per heavy atom. The summed E-state index contributed by atoms with van der Waals surface area (Å²) in [5, 5.41) is 5.04. The molecular formula is C21H18BrN3. The van der Waals surface area contributed by atoms with E-state index in [0.717, 1.165) is 23.1 Å². The number of aryl methyl sites for hydroxylation is 2. The van der Waals surface area contributed by atoms with Gasteiger partial charge in [0.2, 0.25) is 0 Å². The molecule has 25 heavy (non-hydrogen) atoms. The van der Waals surface area contributed by atoms with Gasteiger partial charge in [0.05, 0.1) is 11.4 Å². The van der Waals surface area contributed by atoms with Gasteiger partial charge < -0.3 is 4.57 Å². The fourth-order valence-corrected chi connectivity index (χ4v) is 4.06.